The molecular weight excluding hydrogens is 240 g/mol. The Kier molecular flexibility index (Phi) is 3.27. The number of fused-ring (bicyclic) bond motifs is 1. The maximum atomic E-state index is 11.4. The zero-order valence-electron chi connectivity index (χ0n) is 10.6. The number of hydrogen-bond acceptors (Lipinski definition) is 4. The number of amides is 1. The van der Waals surface area contributed by atoms with Crippen LogP contribution in [0.4, 0.5) is 5.82 Å². The van der Waals surface area contributed by atoms with Gasteiger partial charge in [-0.25, -0.2) is 4.98 Å². The molecule has 0 radical (unpaired) electrons. The Balaban J connectivity index is 1.51. The number of anilines is 1. The SMILES string of the molecule is O=C(NCCNc1cnc2ccccc2n1)C1CC1. The quantitative estimate of drug-likeness (QED) is 0.797. The van der Waals surface area contributed by atoms with E-state index in [4.69, 9.17) is 0 Å². The summed E-state index contributed by atoms with van der Waals surface area (Å²) < 4.78 is 0. The number of hydrogen-bond donors (Lipinski definition) is 2. The Labute approximate surface area is 111 Å². The molecule has 1 aromatic heterocycles. The number of nitrogens with zero attached hydrogens (tertiary/aromatic N) is 2. The van der Waals surface area contributed by atoms with Gasteiger partial charge in [0.05, 0.1) is 17.2 Å². The maximum absolute atomic E-state index is 11.4. The van der Waals surface area contributed by atoms with Gasteiger partial charge >= 0.3 is 0 Å². The molecule has 5 nitrogen and oxygen atoms in total. The molecule has 0 saturated heterocycles. The lowest BCUT2D eigenvalue weighted by Crippen LogP contribution is -2.29. The fourth-order valence-corrected chi connectivity index (χ4v) is 1.91. The molecule has 0 bridgehead atoms. The predicted molar refractivity (Wildman–Crippen MR) is 73.8 cm³/mol. The predicted octanol–water partition coefficient (Wildman–Crippen LogP) is 1.57. The summed E-state index contributed by atoms with van der Waals surface area (Å²) >= 11 is 0. The van der Waals surface area contributed by atoms with Crippen molar-refractivity contribution in [1.29, 1.82) is 0 Å². The number of aromatic nitrogens is 2. The van der Waals surface area contributed by atoms with Gasteiger partial charge in [0.2, 0.25) is 5.91 Å². The van der Waals surface area contributed by atoms with Gasteiger partial charge in [-0.1, -0.05) is 12.1 Å². The first-order chi connectivity index (χ1) is 9.33. The van der Waals surface area contributed by atoms with Crippen LogP contribution in [0.15, 0.2) is 30.5 Å². The zero-order chi connectivity index (χ0) is 13.1. The lowest BCUT2D eigenvalue weighted by atomic mass is 10.3. The van der Waals surface area contributed by atoms with Crippen molar-refractivity contribution in [1.82, 2.24) is 15.3 Å². The van der Waals surface area contributed by atoms with E-state index in [1.807, 2.05) is 24.3 Å². The van der Waals surface area contributed by atoms with E-state index >= 15 is 0 Å². The molecule has 1 heterocycles. The Morgan fingerprint density at radius 3 is 2.79 bits per heavy atom. The largest absolute Gasteiger partial charge is 0.367 e. The lowest BCUT2D eigenvalue weighted by molar-refractivity contribution is -0.122. The fraction of sp³-hybridized carbons (Fsp3) is 0.357. The Hall–Kier alpha value is -2.17. The van der Waals surface area contributed by atoms with E-state index in [1.165, 1.54) is 0 Å². The van der Waals surface area contributed by atoms with Crippen LogP contribution in [0, 0.1) is 5.92 Å². The Morgan fingerprint density at radius 2 is 2.00 bits per heavy atom. The van der Waals surface area contributed by atoms with E-state index in [9.17, 15) is 4.79 Å². The van der Waals surface area contributed by atoms with Gasteiger partial charge in [0.1, 0.15) is 5.82 Å². The van der Waals surface area contributed by atoms with Crippen LogP contribution in [0.3, 0.4) is 0 Å². The summed E-state index contributed by atoms with van der Waals surface area (Å²) in [4.78, 5) is 20.2. The normalized spacial score (nSPS) is 14.3. The number of carbonyl (C=O) groups excluding carboxylic acids is 1. The molecule has 1 saturated carbocycles. The van der Waals surface area contributed by atoms with Crippen LogP contribution in [0.2, 0.25) is 0 Å². The molecule has 0 atom stereocenters. The van der Waals surface area contributed by atoms with Gasteiger partial charge in [-0.15, -0.1) is 0 Å². The van der Waals surface area contributed by atoms with Crippen LogP contribution in [0.5, 0.6) is 0 Å². The van der Waals surface area contributed by atoms with E-state index in [0.29, 0.717) is 13.1 Å². The van der Waals surface area contributed by atoms with Crippen molar-refractivity contribution in [3.05, 3.63) is 30.5 Å². The highest BCUT2D eigenvalue weighted by Gasteiger charge is 2.28. The molecule has 1 aliphatic carbocycles. The van der Waals surface area contributed by atoms with Gasteiger partial charge in [0.25, 0.3) is 0 Å². The zero-order valence-corrected chi connectivity index (χ0v) is 10.6. The first-order valence-electron chi connectivity index (χ1n) is 6.56. The van der Waals surface area contributed by atoms with Crippen molar-refractivity contribution in [3.63, 3.8) is 0 Å². The average molecular weight is 256 g/mol. The third-order valence-corrected chi connectivity index (χ3v) is 3.13. The van der Waals surface area contributed by atoms with Crippen LogP contribution in [0.25, 0.3) is 11.0 Å². The third kappa shape index (κ3) is 2.99. The molecule has 2 N–H and O–H groups in total. The number of benzene rings is 1. The molecule has 1 aromatic carbocycles. The van der Waals surface area contributed by atoms with Crippen LogP contribution in [-0.2, 0) is 4.79 Å². The summed E-state index contributed by atoms with van der Waals surface area (Å²) in [6.45, 7) is 1.27. The summed E-state index contributed by atoms with van der Waals surface area (Å²) in [7, 11) is 0. The van der Waals surface area contributed by atoms with E-state index in [0.717, 1.165) is 29.7 Å². The second-order valence-corrected chi connectivity index (χ2v) is 4.74. The molecule has 98 valence electrons. The third-order valence-electron chi connectivity index (χ3n) is 3.13. The molecule has 0 unspecified atom stereocenters. The number of para-hydroxylation sites is 2. The Morgan fingerprint density at radius 1 is 1.21 bits per heavy atom. The molecule has 2 aromatic rings. The topological polar surface area (TPSA) is 66.9 Å². The summed E-state index contributed by atoms with van der Waals surface area (Å²) in [5.74, 6) is 1.17. The highest BCUT2D eigenvalue weighted by atomic mass is 16.2. The number of rotatable bonds is 5. The second kappa shape index (κ2) is 5.22. The monoisotopic (exact) mass is 256 g/mol. The minimum Gasteiger partial charge on any atom is -0.367 e. The number of carbonyl (C=O) groups is 1. The van der Waals surface area contributed by atoms with Gasteiger partial charge in [-0.2, -0.15) is 0 Å². The van der Waals surface area contributed by atoms with Crippen molar-refractivity contribution in [3.8, 4) is 0 Å². The second-order valence-electron chi connectivity index (χ2n) is 4.74. The molecule has 0 aliphatic heterocycles. The first-order valence-corrected chi connectivity index (χ1v) is 6.56. The van der Waals surface area contributed by atoms with E-state index in [-0.39, 0.29) is 11.8 Å². The minimum atomic E-state index is 0.173. The molecule has 0 spiro atoms. The molecular formula is C14H16N4O. The van der Waals surface area contributed by atoms with Crippen LogP contribution in [-0.4, -0.2) is 29.0 Å². The molecule has 1 fully saturated rings. The smallest absolute Gasteiger partial charge is 0.223 e. The van der Waals surface area contributed by atoms with Crippen molar-refractivity contribution in [2.45, 2.75) is 12.8 Å². The van der Waals surface area contributed by atoms with Crippen LogP contribution in [0.1, 0.15) is 12.8 Å². The summed E-state index contributed by atoms with van der Waals surface area (Å²) in [5.41, 5.74) is 1.75. The maximum Gasteiger partial charge on any atom is 0.223 e. The van der Waals surface area contributed by atoms with Gasteiger partial charge in [-0.3, -0.25) is 9.78 Å². The fourth-order valence-electron chi connectivity index (χ4n) is 1.91. The molecule has 5 heteroatoms. The molecule has 1 amide bonds. The van der Waals surface area contributed by atoms with Crippen molar-refractivity contribution < 1.29 is 4.79 Å². The van der Waals surface area contributed by atoms with E-state index in [2.05, 4.69) is 20.6 Å². The van der Waals surface area contributed by atoms with E-state index in [1.54, 1.807) is 6.20 Å². The van der Waals surface area contributed by atoms with Gasteiger partial charge in [0.15, 0.2) is 0 Å². The molecule has 19 heavy (non-hydrogen) atoms. The first kappa shape index (κ1) is 11.9. The molecule has 1 aliphatic rings. The van der Waals surface area contributed by atoms with Crippen molar-refractivity contribution in [2.75, 3.05) is 18.4 Å². The highest BCUT2D eigenvalue weighted by Crippen LogP contribution is 2.28. The van der Waals surface area contributed by atoms with Crippen molar-refractivity contribution >= 4 is 22.8 Å². The average Bonchev–Trinajstić information content (AvgIpc) is 3.28. The highest BCUT2D eigenvalue weighted by molar-refractivity contribution is 5.80. The summed E-state index contributed by atoms with van der Waals surface area (Å²) in [6.07, 6.45) is 3.79. The van der Waals surface area contributed by atoms with Crippen LogP contribution >= 0.6 is 0 Å². The Bertz CT molecular complexity index is 595. The van der Waals surface area contributed by atoms with Gasteiger partial charge < -0.3 is 10.6 Å². The van der Waals surface area contributed by atoms with Crippen molar-refractivity contribution in [2.24, 2.45) is 5.92 Å². The summed E-state index contributed by atoms with van der Waals surface area (Å²) in [6, 6.07) is 7.75. The van der Waals surface area contributed by atoms with E-state index < -0.39 is 0 Å². The standard InChI is InChI=1S/C14H16N4O/c19-14(10-5-6-10)16-8-7-15-13-9-17-11-3-1-2-4-12(11)18-13/h1-4,9-10H,5-8H2,(H,15,18)(H,16,19). The summed E-state index contributed by atoms with van der Waals surface area (Å²) in [5, 5.41) is 6.07. The lowest BCUT2D eigenvalue weighted by Gasteiger charge is -2.07. The number of nitrogens with one attached hydrogen (secondary N) is 2. The van der Waals surface area contributed by atoms with Gasteiger partial charge in [-0.05, 0) is 25.0 Å². The molecule has 3 rings (SSSR count). The van der Waals surface area contributed by atoms with Gasteiger partial charge in [0, 0.05) is 19.0 Å². The van der Waals surface area contributed by atoms with Crippen LogP contribution < -0.4 is 10.6 Å². The minimum absolute atomic E-state index is 0.173.